The minimum atomic E-state index is 0. The predicted molar refractivity (Wildman–Crippen MR) is 118 cm³/mol. The number of halogens is 1. The number of carbonyl (C=O) groups excluding carboxylic acids is 1. The summed E-state index contributed by atoms with van der Waals surface area (Å²) in [5.74, 6) is 1.18. The standard InChI is InChI=1S/C18H33N7O.HI/c1-19-18(20-12-16-13-22-4-8-24(16)9-5-22)25-10-6-23(7-11-25)14-17(26)21-15-2-3-15;/h15-16H,2-14H2,1H3,(H,19,20)(H,21,26);1H. The van der Waals surface area contributed by atoms with Crippen LogP contribution in [0.15, 0.2) is 4.99 Å². The Balaban J connectivity index is 0.00000210. The van der Waals surface area contributed by atoms with E-state index in [2.05, 4.69) is 35.2 Å². The molecule has 2 bridgehead atoms. The van der Waals surface area contributed by atoms with Gasteiger partial charge in [-0.2, -0.15) is 0 Å². The van der Waals surface area contributed by atoms with E-state index in [1.54, 1.807) is 0 Å². The van der Waals surface area contributed by atoms with Crippen molar-refractivity contribution >= 4 is 35.8 Å². The monoisotopic (exact) mass is 491 g/mol. The minimum absolute atomic E-state index is 0. The summed E-state index contributed by atoms with van der Waals surface area (Å²) in [7, 11) is 1.87. The zero-order valence-corrected chi connectivity index (χ0v) is 18.7. The third-order valence-corrected chi connectivity index (χ3v) is 6.08. The number of nitrogens with zero attached hydrogens (tertiary/aromatic N) is 5. The van der Waals surface area contributed by atoms with E-state index in [9.17, 15) is 4.79 Å². The lowest BCUT2D eigenvalue weighted by atomic mass is 10.1. The number of carbonyl (C=O) groups is 1. The lowest BCUT2D eigenvalue weighted by molar-refractivity contribution is -0.122. The summed E-state index contributed by atoms with van der Waals surface area (Å²) in [6.45, 7) is 11.2. The van der Waals surface area contributed by atoms with Crippen molar-refractivity contribution < 1.29 is 4.79 Å². The molecule has 5 rings (SSSR count). The molecule has 0 spiro atoms. The van der Waals surface area contributed by atoms with Gasteiger partial charge in [0.05, 0.1) is 6.54 Å². The van der Waals surface area contributed by atoms with Crippen LogP contribution in [0.3, 0.4) is 0 Å². The van der Waals surface area contributed by atoms with E-state index >= 15 is 0 Å². The minimum Gasteiger partial charge on any atom is -0.355 e. The van der Waals surface area contributed by atoms with Gasteiger partial charge >= 0.3 is 0 Å². The summed E-state index contributed by atoms with van der Waals surface area (Å²) in [6, 6.07) is 1.05. The summed E-state index contributed by atoms with van der Waals surface area (Å²) in [5, 5.41) is 6.67. The van der Waals surface area contributed by atoms with Gasteiger partial charge in [0.15, 0.2) is 5.96 Å². The molecule has 1 saturated carbocycles. The molecular formula is C18H34IN7O. The van der Waals surface area contributed by atoms with Crippen molar-refractivity contribution in [2.24, 2.45) is 4.99 Å². The summed E-state index contributed by atoms with van der Waals surface area (Å²) < 4.78 is 0. The Kier molecular flexibility index (Phi) is 7.57. The molecule has 0 aromatic heterocycles. The molecule has 5 aliphatic rings. The van der Waals surface area contributed by atoms with Crippen LogP contribution < -0.4 is 10.6 Å². The number of hydrogen-bond donors (Lipinski definition) is 2. The van der Waals surface area contributed by atoms with E-state index < -0.39 is 0 Å². The first kappa shape index (κ1) is 21.1. The highest BCUT2D eigenvalue weighted by atomic mass is 127. The predicted octanol–water partition coefficient (Wildman–Crippen LogP) is -0.924. The van der Waals surface area contributed by atoms with Crippen LogP contribution in [-0.4, -0.2) is 123 Å². The molecule has 0 aromatic rings. The first-order chi connectivity index (χ1) is 12.7. The highest BCUT2D eigenvalue weighted by molar-refractivity contribution is 14.0. The lowest BCUT2D eigenvalue weighted by Gasteiger charge is -2.47. The van der Waals surface area contributed by atoms with Gasteiger partial charge in [-0.1, -0.05) is 0 Å². The molecular weight excluding hydrogens is 457 g/mol. The molecule has 9 heteroatoms. The second kappa shape index (κ2) is 9.71. The molecule has 0 radical (unpaired) electrons. The maximum Gasteiger partial charge on any atom is 0.234 e. The average molecular weight is 491 g/mol. The fraction of sp³-hybridized carbons (Fsp3) is 0.889. The van der Waals surface area contributed by atoms with E-state index in [1.165, 1.54) is 32.7 Å². The van der Waals surface area contributed by atoms with Crippen molar-refractivity contribution in [1.82, 2.24) is 30.2 Å². The molecule has 1 amide bonds. The third-order valence-electron chi connectivity index (χ3n) is 6.08. The Morgan fingerprint density at radius 1 is 1.04 bits per heavy atom. The molecule has 154 valence electrons. The number of piperazine rings is 4. The largest absolute Gasteiger partial charge is 0.355 e. The Labute approximate surface area is 179 Å². The molecule has 1 unspecified atom stereocenters. The molecule has 27 heavy (non-hydrogen) atoms. The maximum absolute atomic E-state index is 12.0. The van der Waals surface area contributed by atoms with Crippen molar-refractivity contribution in [3.8, 4) is 0 Å². The van der Waals surface area contributed by atoms with Crippen LogP contribution in [0.1, 0.15) is 12.8 Å². The second-order valence-corrected chi connectivity index (χ2v) is 8.02. The molecule has 1 atom stereocenters. The van der Waals surface area contributed by atoms with Crippen LogP contribution in [0.25, 0.3) is 0 Å². The third kappa shape index (κ3) is 5.68. The van der Waals surface area contributed by atoms with Gasteiger partial charge in [0.25, 0.3) is 0 Å². The van der Waals surface area contributed by atoms with Crippen molar-refractivity contribution in [2.75, 3.05) is 79.0 Å². The van der Waals surface area contributed by atoms with Crippen molar-refractivity contribution in [3.63, 3.8) is 0 Å². The molecule has 1 aliphatic carbocycles. The van der Waals surface area contributed by atoms with Crippen molar-refractivity contribution in [3.05, 3.63) is 0 Å². The lowest BCUT2D eigenvalue weighted by Crippen LogP contribution is -2.64. The second-order valence-electron chi connectivity index (χ2n) is 8.02. The van der Waals surface area contributed by atoms with Crippen LogP contribution in [0.4, 0.5) is 0 Å². The fourth-order valence-corrected chi connectivity index (χ4v) is 4.28. The Hall–Kier alpha value is -0.650. The number of rotatable bonds is 5. The average Bonchev–Trinajstić information content (AvgIpc) is 3.48. The first-order valence-corrected chi connectivity index (χ1v) is 10.1. The summed E-state index contributed by atoms with van der Waals surface area (Å²) in [4.78, 5) is 26.2. The van der Waals surface area contributed by atoms with E-state index in [0.717, 1.165) is 51.5 Å². The summed E-state index contributed by atoms with van der Waals surface area (Å²) in [6.07, 6.45) is 2.30. The molecule has 8 nitrogen and oxygen atoms in total. The quantitative estimate of drug-likeness (QED) is 0.295. The number of nitrogens with one attached hydrogen (secondary N) is 2. The SMILES string of the molecule is CN=C(NCC1CN2CCN1CC2)N1CCN(CC(=O)NC2CC2)CC1.I. The summed E-state index contributed by atoms with van der Waals surface area (Å²) >= 11 is 0. The normalized spacial score (nSPS) is 31.4. The number of hydrogen-bond acceptors (Lipinski definition) is 5. The van der Waals surface area contributed by atoms with Gasteiger partial charge in [-0.25, -0.2) is 0 Å². The van der Waals surface area contributed by atoms with Gasteiger partial charge in [-0.3, -0.25) is 24.5 Å². The van der Waals surface area contributed by atoms with Crippen molar-refractivity contribution in [1.29, 1.82) is 0 Å². The summed E-state index contributed by atoms with van der Waals surface area (Å²) in [5.41, 5.74) is 0. The number of amides is 1. The van der Waals surface area contributed by atoms with Gasteiger partial charge in [-0.05, 0) is 12.8 Å². The highest BCUT2D eigenvalue weighted by Gasteiger charge is 2.32. The van der Waals surface area contributed by atoms with Gasteiger partial charge in [-0.15, -0.1) is 24.0 Å². The molecule has 5 fully saturated rings. The molecule has 0 aromatic carbocycles. The van der Waals surface area contributed by atoms with E-state index in [4.69, 9.17) is 0 Å². The smallest absolute Gasteiger partial charge is 0.234 e. The van der Waals surface area contributed by atoms with Gasteiger partial charge < -0.3 is 15.5 Å². The first-order valence-electron chi connectivity index (χ1n) is 10.1. The van der Waals surface area contributed by atoms with Crippen LogP contribution in [0, 0.1) is 0 Å². The number of fused-ring (bicyclic) bond motifs is 3. The topological polar surface area (TPSA) is 66.5 Å². The molecule has 4 aliphatic heterocycles. The van der Waals surface area contributed by atoms with Crippen molar-refractivity contribution in [2.45, 2.75) is 24.9 Å². The number of aliphatic imine (C=N–C) groups is 1. The van der Waals surface area contributed by atoms with Gasteiger partial charge in [0, 0.05) is 84.6 Å². The molecule has 4 saturated heterocycles. The van der Waals surface area contributed by atoms with Gasteiger partial charge in [0.2, 0.25) is 5.91 Å². The Bertz CT molecular complexity index is 526. The van der Waals surface area contributed by atoms with Crippen LogP contribution in [0.2, 0.25) is 0 Å². The van der Waals surface area contributed by atoms with E-state index in [-0.39, 0.29) is 29.9 Å². The van der Waals surface area contributed by atoms with E-state index in [1.807, 2.05) is 7.05 Å². The zero-order valence-electron chi connectivity index (χ0n) is 16.4. The zero-order chi connectivity index (χ0) is 17.9. The van der Waals surface area contributed by atoms with Crippen LogP contribution in [-0.2, 0) is 4.79 Å². The van der Waals surface area contributed by atoms with Crippen LogP contribution in [0.5, 0.6) is 0 Å². The Morgan fingerprint density at radius 3 is 2.30 bits per heavy atom. The fourth-order valence-electron chi connectivity index (χ4n) is 4.28. The van der Waals surface area contributed by atoms with Crippen LogP contribution >= 0.6 is 24.0 Å². The molecule has 2 N–H and O–H groups in total. The highest BCUT2D eigenvalue weighted by Crippen LogP contribution is 2.18. The van der Waals surface area contributed by atoms with E-state index in [0.29, 0.717) is 18.6 Å². The van der Waals surface area contributed by atoms with Gasteiger partial charge in [0.1, 0.15) is 0 Å². The number of guanidine groups is 1. The Morgan fingerprint density at radius 2 is 1.74 bits per heavy atom. The maximum atomic E-state index is 12.0. The molecule has 4 heterocycles.